The molecule has 110 valence electrons. The van der Waals surface area contributed by atoms with Crippen molar-refractivity contribution in [3.8, 4) is 0 Å². The minimum Gasteiger partial charge on any atom is -0.299 e. The Balaban J connectivity index is 1.59. The van der Waals surface area contributed by atoms with E-state index in [1.54, 1.807) is 0 Å². The van der Waals surface area contributed by atoms with Crippen LogP contribution in [0.2, 0.25) is 0 Å². The second kappa shape index (κ2) is 6.25. The number of hydrogen-bond donors (Lipinski definition) is 0. The summed E-state index contributed by atoms with van der Waals surface area (Å²) in [7, 11) is 0. The number of Topliss-reactive ketones (excluding diaryl/α,β-unsaturated/α-hetero) is 1. The third kappa shape index (κ3) is 3.60. The molecule has 0 N–H and O–H groups in total. The molecule has 1 aliphatic rings. The summed E-state index contributed by atoms with van der Waals surface area (Å²) >= 11 is 0. The largest absolute Gasteiger partial charge is 0.299 e. The SMILES string of the molecule is Cc1cccc(CC(=O)Cc2ccn(C3CCCC3)n2)c1. The summed E-state index contributed by atoms with van der Waals surface area (Å²) < 4.78 is 2.06. The van der Waals surface area contributed by atoms with Crippen LogP contribution in [0, 0.1) is 6.92 Å². The van der Waals surface area contributed by atoms with Crippen LogP contribution in [-0.2, 0) is 17.6 Å². The molecule has 3 nitrogen and oxygen atoms in total. The number of aromatic nitrogens is 2. The number of ketones is 1. The van der Waals surface area contributed by atoms with Crippen LogP contribution in [0.15, 0.2) is 36.5 Å². The van der Waals surface area contributed by atoms with Gasteiger partial charge >= 0.3 is 0 Å². The molecule has 0 amide bonds. The Morgan fingerprint density at radius 1 is 1.24 bits per heavy atom. The van der Waals surface area contributed by atoms with Crippen molar-refractivity contribution in [2.75, 3.05) is 0 Å². The van der Waals surface area contributed by atoms with Crippen LogP contribution in [0.25, 0.3) is 0 Å². The molecule has 0 saturated heterocycles. The van der Waals surface area contributed by atoms with E-state index in [1.807, 2.05) is 24.4 Å². The van der Waals surface area contributed by atoms with Gasteiger partial charge in [0.05, 0.1) is 18.2 Å². The first-order valence-electron chi connectivity index (χ1n) is 7.82. The second-order valence-electron chi connectivity index (χ2n) is 6.11. The minimum atomic E-state index is 0.234. The molecule has 1 aromatic carbocycles. The van der Waals surface area contributed by atoms with Crippen LogP contribution in [0.1, 0.15) is 48.5 Å². The van der Waals surface area contributed by atoms with Crippen molar-refractivity contribution in [3.63, 3.8) is 0 Å². The summed E-state index contributed by atoms with van der Waals surface area (Å²) in [5.41, 5.74) is 3.19. The number of carbonyl (C=O) groups is 1. The zero-order chi connectivity index (χ0) is 14.7. The van der Waals surface area contributed by atoms with Crippen molar-refractivity contribution >= 4 is 5.78 Å². The van der Waals surface area contributed by atoms with E-state index in [9.17, 15) is 4.79 Å². The lowest BCUT2D eigenvalue weighted by molar-refractivity contribution is -0.117. The number of rotatable bonds is 5. The molecule has 3 rings (SSSR count). The quantitative estimate of drug-likeness (QED) is 0.839. The van der Waals surface area contributed by atoms with E-state index in [-0.39, 0.29) is 5.78 Å². The van der Waals surface area contributed by atoms with E-state index in [0.29, 0.717) is 18.9 Å². The Hall–Kier alpha value is -1.90. The van der Waals surface area contributed by atoms with Gasteiger partial charge in [-0.05, 0) is 31.4 Å². The summed E-state index contributed by atoms with van der Waals surface area (Å²) in [6, 6.07) is 10.7. The summed E-state index contributed by atoms with van der Waals surface area (Å²) in [5.74, 6) is 0.234. The minimum absolute atomic E-state index is 0.234. The van der Waals surface area contributed by atoms with Gasteiger partial charge in [0.25, 0.3) is 0 Å². The molecule has 3 heteroatoms. The lowest BCUT2D eigenvalue weighted by Crippen LogP contribution is -2.09. The van der Waals surface area contributed by atoms with E-state index in [0.717, 1.165) is 11.3 Å². The van der Waals surface area contributed by atoms with E-state index in [2.05, 4.69) is 28.8 Å². The molecule has 0 bridgehead atoms. The Labute approximate surface area is 126 Å². The molecule has 1 heterocycles. The van der Waals surface area contributed by atoms with E-state index in [1.165, 1.54) is 31.2 Å². The Kier molecular flexibility index (Phi) is 4.18. The highest BCUT2D eigenvalue weighted by Gasteiger charge is 2.18. The van der Waals surface area contributed by atoms with Gasteiger partial charge in [0.1, 0.15) is 5.78 Å². The standard InChI is InChI=1S/C18H22N2O/c1-14-5-4-6-15(11-14)12-18(21)13-16-9-10-20(19-16)17-7-2-3-8-17/h4-6,9-11,17H,2-3,7-8,12-13H2,1H3. The molecule has 2 aromatic rings. The third-order valence-electron chi connectivity index (χ3n) is 4.22. The van der Waals surface area contributed by atoms with Crippen LogP contribution < -0.4 is 0 Å². The van der Waals surface area contributed by atoms with Crippen molar-refractivity contribution in [3.05, 3.63) is 53.3 Å². The topological polar surface area (TPSA) is 34.9 Å². The molecule has 1 aromatic heterocycles. The first-order chi connectivity index (χ1) is 10.2. The van der Waals surface area contributed by atoms with Gasteiger partial charge in [-0.25, -0.2) is 0 Å². The van der Waals surface area contributed by atoms with E-state index < -0.39 is 0 Å². The van der Waals surface area contributed by atoms with Crippen molar-refractivity contribution in [1.82, 2.24) is 9.78 Å². The van der Waals surface area contributed by atoms with Crippen LogP contribution >= 0.6 is 0 Å². The summed E-state index contributed by atoms with van der Waals surface area (Å²) in [4.78, 5) is 12.2. The first-order valence-corrected chi connectivity index (χ1v) is 7.82. The van der Waals surface area contributed by atoms with Crippen molar-refractivity contribution in [1.29, 1.82) is 0 Å². The molecule has 21 heavy (non-hydrogen) atoms. The van der Waals surface area contributed by atoms with Gasteiger partial charge in [0.15, 0.2) is 0 Å². The summed E-state index contributed by atoms with van der Waals surface area (Å²) in [6.07, 6.45) is 8.01. The Morgan fingerprint density at radius 2 is 2.05 bits per heavy atom. The fourth-order valence-corrected chi connectivity index (χ4v) is 3.16. The van der Waals surface area contributed by atoms with Gasteiger partial charge in [-0.2, -0.15) is 5.10 Å². The van der Waals surface area contributed by atoms with Crippen LogP contribution in [0.5, 0.6) is 0 Å². The highest BCUT2D eigenvalue weighted by atomic mass is 16.1. The molecular formula is C18H22N2O. The van der Waals surface area contributed by atoms with Gasteiger partial charge < -0.3 is 0 Å². The molecule has 1 fully saturated rings. The molecule has 0 spiro atoms. The van der Waals surface area contributed by atoms with E-state index in [4.69, 9.17) is 0 Å². The van der Waals surface area contributed by atoms with Crippen molar-refractivity contribution < 1.29 is 4.79 Å². The second-order valence-corrected chi connectivity index (χ2v) is 6.11. The average Bonchev–Trinajstić information content (AvgIpc) is 3.08. The summed E-state index contributed by atoms with van der Waals surface area (Å²) in [6.45, 7) is 2.05. The number of hydrogen-bond acceptors (Lipinski definition) is 2. The van der Waals surface area contributed by atoms with Gasteiger partial charge in [-0.1, -0.05) is 42.7 Å². The molecule has 0 atom stereocenters. The van der Waals surface area contributed by atoms with Crippen molar-refractivity contribution in [2.24, 2.45) is 0 Å². The zero-order valence-corrected chi connectivity index (χ0v) is 12.6. The predicted molar refractivity (Wildman–Crippen MR) is 83.3 cm³/mol. The van der Waals surface area contributed by atoms with Crippen LogP contribution in [-0.4, -0.2) is 15.6 Å². The van der Waals surface area contributed by atoms with E-state index >= 15 is 0 Å². The maximum absolute atomic E-state index is 12.2. The monoisotopic (exact) mass is 282 g/mol. The predicted octanol–water partition coefficient (Wildman–Crippen LogP) is 3.66. The fraction of sp³-hybridized carbons (Fsp3) is 0.444. The molecular weight excluding hydrogens is 260 g/mol. The van der Waals surface area contributed by atoms with Gasteiger partial charge in [0.2, 0.25) is 0 Å². The normalized spacial score (nSPS) is 15.5. The number of aryl methyl sites for hydroxylation is 1. The molecule has 0 unspecified atom stereocenters. The smallest absolute Gasteiger partial charge is 0.143 e. The molecule has 1 saturated carbocycles. The zero-order valence-electron chi connectivity index (χ0n) is 12.6. The fourth-order valence-electron chi connectivity index (χ4n) is 3.16. The maximum Gasteiger partial charge on any atom is 0.143 e. The third-order valence-corrected chi connectivity index (χ3v) is 4.22. The molecule has 0 radical (unpaired) electrons. The Morgan fingerprint density at radius 3 is 2.81 bits per heavy atom. The number of carbonyl (C=O) groups excluding carboxylic acids is 1. The van der Waals surface area contributed by atoms with Crippen molar-refractivity contribution in [2.45, 2.75) is 51.5 Å². The maximum atomic E-state index is 12.2. The Bertz CT molecular complexity index is 624. The van der Waals surface area contributed by atoms with Crippen LogP contribution in [0.3, 0.4) is 0 Å². The lowest BCUT2D eigenvalue weighted by atomic mass is 10.0. The van der Waals surface area contributed by atoms with Crippen LogP contribution in [0.4, 0.5) is 0 Å². The first kappa shape index (κ1) is 14.1. The lowest BCUT2D eigenvalue weighted by Gasteiger charge is -2.08. The number of nitrogens with zero attached hydrogens (tertiary/aromatic N) is 2. The summed E-state index contributed by atoms with van der Waals surface area (Å²) in [5, 5.41) is 4.59. The highest BCUT2D eigenvalue weighted by Crippen LogP contribution is 2.28. The average molecular weight is 282 g/mol. The molecule has 1 aliphatic carbocycles. The van der Waals surface area contributed by atoms with Gasteiger partial charge in [0, 0.05) is 12.6 Å². The highest BCUT2D eigenvalue weighted by molar-refractivity contribution is 5.82. The number of benzene rings is 1. The van der Waals surface area contributed by atoms with Gasteiger partial charge in [-0.15, -0.1) is 0 Å². The van der Waals surface area contributed by atoms with Gasteiger partial charge in [-0.3, -0.25) is 9.48 Å². The molecule has 0 aliphatic heterocycles.